The average Bonchev–Trinajstić information content (AvgIpc) is 3.31. The number of nitrogens with zero attached hydrogens (tertiary/aromatic N) is 2. The van der Waals surface area contributed by atoms with E-state index in [0.29, 0.717) is 17.8 Å². The third-order valence-electron chi connectivity index (χ3n) is 4.58. The zero-order chi connectivity index (χ0) is 21.8. The molecule has 9 nitrogen and oxygen atoms in total. The first kappa shape index (κ1) is 25.0. The molecule has 0 radical (unpaired) electrons. The van der Waals surface area contributed by atoms with Crippen molar-refractivity contribution in [3.05, 3.63) is 53.5 Å². The number of phenolic OH excluding ortho intramolecular Hbond substituents is 1. The van der Waals surface area contributed by atoms with Gasteiger partial charge in [0.15, 0.2) is 11.5 Å². The van der Waals surface area contributed by atoms with Crippen molar-refractivity contribution in [3.8, 4) is 17.1 Å². The number of aromatic carboxylic acids is 1. The molecule has 0 atom stereocenters. The fourth-order valence-electron chi connectivity index (χ4n) is 3.07. The summed E-state index contributed by atoms with van der Waals surface area (Å²) in [6.45, 7) is 3.81. The molecular formula is C21H22KN3O6. The van der Waals surface area contributed by atoms with E-state index in [2.05, 4.69) is 10.5 Å². The molecule has 0 unspecified atom stereocenters. The van der Waals surface area contributed by atoms with Crippen LogP contribution in [-0.2, 0) is 17.8 Å². The standard InChI is InChI=1S/C21H21N3O6.K.H/c1-3-24-10-15(21(28)29)17(11-24)22-18(27)9-8-16-19(12(2)25)20(30-23-16)13-4-6-14(26)7-5-13;;/h4-7,10-11,26H,3,8-9H2,1-2H3,(H,22,27)(H,28,29);;. The second-order valence-corrected chi connectivity index (χ2v) is 6.71. The van der Waals surface area contributed by atoms with E-state index in [0.717, 1.165) is 0 Å². The number of hydrogen-bond acceptors (Lipinski definition) is 6. The van der Waals surface area contributed by atoms with Gasteiger partial charge in [0.2, 0.25) is 5.91 Å². The number of benzene rings is 1. The Morgan fingerprint density at radius 1 is 1.16 bits per heavy atom. The molecule has 3 aromatic rings. The van der Waals surface area contributed by atoms with Crippen LogP contribution >= 0.6 is 0 Å². The summed E-state index contributed by atoms with van der Waals surface area (Å²) >= 11 is 0. The molecule has 3 rings (SSSR count). The first-order chi connectivity index (χ1) is 14.3. The number of carbonyl (C=O) groups excluding carboxylic acids is 2. The minimum absolute atomic E-state index is 0. The summed E-state index contributed by atoms with van der Waals surface area (Å²) in [6, 6.07) is 6.14. The first-order valence-corrected chi connectivity index (χ1v) is 9.32. The molecule has 2 aromatic heterocycles. The topological polar surface area (TPSA) is 135 Å². The summed E-state index contributed by atoms with van der Waals surface area (Å²) in [5, 5.41) is 25.3. The molecule has 158 valence electrons. The number of phenols is 1. The number of ketones is 1. The third-order valence-corrected chi connectivity index (χ3v) is 4.58. The van der Waals surface area contributed by atoms with Crippen LogP contribution in [0.15, 0.2) is 41.2 Å². The van der Waals surface area contributed by atoms with Crippen LogP contribution in [0.3, 0.4) is 0 Å². The number of carboxylic acids is 1. The van der Waals surface area contributed by atoms with Crippen LogP contribution in [0.25, 0.3) is 11.3 Å². The van der Waals surface area contributed by atoms with Crippen molar-refractivity contribution in [2.45, 2.75) is 33.2 Å². The van der Waals surface area contributed by atoms with Gasteiger partial charge in [-0.2, -0.15) is 0 Å². The van der Waals surface area contributed by atoms with Crippen molar-refractivity contribution in [2.24, 2.45) is 0 Å². The van der Waals surface area contributed by atoms with Gasteiger partial charge in [0.25, 0.3) is 0 Å². The van der Waals surface area contributed by atoms with Crippen molar-refractivity contribution in [2.75, 3.05) is 5.32 Å². The van der Waals surface area contributed by atoms with Crippen molar-refractivity contribution < 1.29 is 29.1 Å². The van der Waals surface area contributed by atoms with Crippen molar-refractivity contribution >= 4 is 74.7 Å². The van der Waals surface area contributed by atoms with Gasteiger partial charge < -0.3 is 24.6 Å². The van der Waals surface area contributed by atoms with Crippen LogP contribution in [-0.4, -0.2) is 89.0 Å². The first-order valence-electron chi connectivity index (χ1n) is 9.32. The molecule has 0 bridgehead atoms. The number of aryl methyl sites for hydroxylation is 2. The number of aromatic hydroxyl groups is 1. The number of aromatic nitrogens is 2. The van der Waals surface area contributed by atoms with E-state index in [9.17, 15) is 24.6 Å². The quantitative estimate of drug-likeness (QED) is 0.354. The van der Waals surface area contributed by atoms with Gasteiger partial charge in [0.05, 0.1) is 16.9 Å². The Hall–Kier alpha value is -2.24. The van der Waals surface area contributed by atoms with Crippen LogP contribution < -0.4 is 5.32 Å². The van der Waals surface area contributed by atoms with E-state index in [4.69, 9.17) is 4.52 Å². The Morgan fingerprint density at radius 3 is 2.42 bits per heavy atom. The molecule has 0 aliphatic heterocycles. The number of nitrogens with one attached hydrogen (secondary N) is 1. The zero-order valence-electron chi connectivity index (χ0n) is 16.5. The second kappa shape index (κ2) is 10.9. The minimum atomic E-state index is -1.13. The van der Waals surface area contributed by atoms with Gasteiger partial charge in [-0.15, -0.1) is 0 Å². The molecule has 0 saturated heterocycles. The van der Waals surface area contributed by atoms with Crippen LogP contribution in [0.4, 0.5) is 5.69 Å². The SMILES string of the molecule is CCn1cc(NC(=O)CCc2noc(-c3ccc(O)cc3)c2C(C)=O)c(C(=O)O)c1.[KH]. The molecule has 0 saturated carbocycles. The van der Waals surface area contributed by atoms with Crippen LogP contribution in [0.5, 0.6) is 5.75 Å². The van der Waals surface area contributed by atoms with Gasteiger partial charge in [-0.25, -0.2) is 4.79 Å². The predicted octanol–water partition coefficient (Wildman–Crippen LogP) is 2.69. The average molecular weight is 452 g/mol. The van der Waals surface area contributed by atoms with E-state index < -0.39 is 11.9 Å². The molecule has 1 amide bonds. The molecule has 31 heavy (non-hydrogen) atoms. The number of hydrogen-bond donors (Lipinski definition) is 3. The Kier molecular flexibility index (Phi) is 8.77. The summed E-state index contributed by atoms with van der Waals surface area (Å²) in [6.07, 6.45) is 3.13. The van der Waals surface area contributed by atoms with Crippen LogP contribution in [0.1, 0.15) is 46.7 Å². The van der Waals surface area contributed by atoms with Gasteiger partial charge in [0.1, 0.15) is 11.3 Å². The molecule has 2 heterocycles. The monoisotopic (exact) mass is 451 g/mol. The second-order valence-electron chi connectivity index (χ2n) is 6.71. The number of carbonyl (C=O) groups is 3. The van der Waals surface area contributed by atoms with Crippen LogP contribution in [0, 0.1) is 0 Å². The van der Waals surface area contributed by atoms with E-state index in [1.54, 1.807) is 22.9 Å². The summed E-state index contributed by atoms with van der Waals surface area (Å²) in [5.74, 6) is -1.45. The molecular weight excluding hydrogens is 429 g/mol. The number of anilines is 1. The molecule has 0 aliphatic rings. The van der Waals surface area contributed by atoms with Gasteiger partial charge in [-0.1, -0.05) is 5.16 Å². The molecule has 1 aromatic carbocycles. The summed E-state index contributed by atoms with van der Waals surface area (Å²) in [7, 11) is 0. The van der Waals surface area contributed by atoms with E-state index in [1.807, 2.05) is 6.92 Å². The molecule has 10 heteroatoms. The fraction of sp³-hybridized carbons (Fsp3) is 0.238. The maximum atomic E-state index is 12.4. The number of carboxylic acid groups (broad SMARTS) is 1. The van der Waals surface area contributed by atoms with Crippen molar-refractivity contribution in [1.82, 2.24) is 9.72 Å². The van der Waals surface area contributed by atoms with E-state index >= 15 is 0 Å². The van der Waals surface area contributed by atoms with E-state index in [1.165, 1.54) is 25.3 Å². The molecule has 3 N–H and O–H groups in total. The van der Waals surface area contributed by atoms with E-state index in [-0.39, 0.29) is 98.3 Å². The summed E-state index contributed by atoms with van der Waals surface area (Å²) in [4.78, 5) is 35.9. The molecule has 0 aliphatic carbocycles. The van der Waals surface area contributed by atoms with Gasteiger partial charge in [-0.3, -0.25) is 9.59 Å². The maximum absolute atomic E-state index is 12.4. The Balaban J connectivity index is 0.00000341. The predicted molar refractivity (Wildman–Crippen MR) is 115 cm³/mol. The number of Topliss-reactive ketones (excluding diaryl/α,β-unsaturated/α-hetero) is 1. The van der Waals surface area contributed by atoms with Crippen LogP contribution in [0.2, 0.25) is 0 Å². The molecule has 0 spiro atoms. The van der Waals surface area contributed by atoms with Gasteiger partial charge >= 0.3 is 57.4 Å². The summed E-state index contributed by atoms with van der Waals surface area (Å²) < 4.78 is 7.00. The van der Waals surface area contributed by atoms with Crippen molar-refractivity contribution in [1.29, 1.82) is 0 Å². The van der Waals surface area contributed by atoms with Gasteiger partial charge in [0, 0.05) is 37.3 Å². The van der Waals surface area contributed by atoms with Crippen molar-refractivity contribution in [3.63, 3.8) is 0 Å². The Labute approximate surface area is 220 Å². The fourth-order valence-corrected chi connectivity index (χ4v) is 3.07. The summed E-state index contributed by atoms with van der Waals surface area (Å²) in [5.41, 5.74) is 1.41. The Morgan fingerprint density at radius 2 is 1.84 bits per heavy atom. The third kappa shape index (κ3) is 5.92. The zero-order valence-corrected chi connectivity index (χ0v) is 16.5. The number of rotatable bonds is 8. The van der Waals surface area contributed by atoms with Gasteiger partial charge in [-0.05, 0) is 38.1 Å². The molecule has 0 fully saturated rings. The normalized spacial score (nSPS) is 10.4. The Bertz CT molecular complexity index is 1100. The number of amides is 1.